The number of carboxylic acids is 1. The van der Waals surface area contributed by atoms with E-state index in [-0.39, 0.29) is 5.91 Å². The number of carboxylic acid groups (broad SMARTS) is 1. The molecule has 1 amide bonds. The Bertz CT molecular complexity index is 465. The maximum Gasteiger partial charge on any atom is 0.329 e. The van der Waals surface area contributed by atoms with Crippen molar-refractivity contribution >= 4 is 11.9 Å². The zero-order chi connectivity index (χ0) is 14.6. The summed E-state index contributed by atoms with van der Waals surface area (Å²) in [5, 5.41) is 11.7. The summed E-state index contributed by atoms with van der Waals surface area (Å²) in [5.41, 5.74) is 0.395. The lowest BCUT2D eigenvalue weighted by Gasteiger charge is -2.24. The van der Waals surface area contributed by atoms with Gasteiger partial charge >= 0.3 is 5.97 Å². The second kappa shape index (κ2) is 5.87. The van der Waals surface area contributed by atoms with Crippen LogP contribution in [0.4, 0.5) is 0 Å². The number of benzene rings is 1. The van der Waals surface area contributed by atoms with Crippen molar-refractivity contribution in [3.8, 4) is 0 Å². The van der Waals surface area contributed by atoms with E-state index in [0.29, 0.717) is 17.9 Å². The van der Waals surface area contributed by atoms with Gasteiger partial charge in [0, 0.05) is 5.56 Å². The molecule has 0 aromatic heterocycles. The fourth-order valence-electron chi connectivity index (χ4n) is 1.64. The third-order valence-corrected chi connectivity index (χ3v) is 3.41. The van der Waals surface area contributed by atoms with Gasteiger partial charge in [0.2, 0.25) is 0 Å². The molecule has 2 N–H and O–H groups in total. The summed E-state index contributed by atoms with van der Waals surface area (Å²) in [5.74, 6) is -0.985. The van der Waals surface area contributed by atoms with E-state index in [0.717, 1.165) is 5.56 Å². The third-order valence-electron chi connectivity index (χ3n) is 3.41. The van der Waals surface area contributed by atoms with Crippen molar-refractivity contribution < 1.29 is 14.7 Å². The van der Waals surface area contributed by atoms with Crippen LogP contribution in [0.1, 0.15) is 56.0 Å². The minimum Gasteiger partial charge on any atom is -0.480 e. The van der Waals surface area contributed by atoms with Crippen molar-refractivity contribution in [2.24, 2.45) is 0 Å². The van der Waals surface area contributed by atoms with E-state index >= 15 is 0 Å². The molecule has 0 heterocycles. The molecule has 0 fully saturated rings. The molecule has 4 nitrogen and oxygen atoms in total. The zero-order valence-corrected chi connectivity index (χ0v) is 11.9. The van der Waals surface area contributed by atoms with Crippen molar-refractivity contribution in [2.45, 2.75) is 45.6 Å². The Kier molecular flexibility index (Phi) is 4.70. The summed E-state index contributed by atoms with van der Waals surface area (Å²) in [7, 11) is 0. The lowest BCUT2D eigenvalue weighted by Crippen LogP contribution is -2.51. The Morgan fingerprint density at radius 3 is 2.16 bits per heavy atom. The molecule has 1 rings (SSSR count). The molecule has 0 aliphatic heterocycles. The normalized spacial score (nSPS) is 13.9. The van der Waals surface area contributed by atoms with E-state index in [9.17, 15) is 9.59 Å². The highest BCUT2D eigenvalue weighted by molar-refractivity contribution is 5.97. The summed E-state index contributed by atoms with van der Waals surface area (Å²) in [6.45, 7) is 7.40. The summed E-state index contributed by atoms with van der Waals surface area (Å²) >= 11 is 0. The Hall–Kier alpha value is -1.84. The molecule has 4 heteroatoms. The van der Waals surface area contributed by atoms with Crippen molar-refractivity contribution in [1.29, 1.82) is 0 Å². The van der Waals surface area contributed by atoms with Gasteiger partial charge < -0.3 is 10.4 Å². The first kappa shape index (κ1) is 15.2. The Balaban J connectivity index is 2.86. The highest BCUT2D eigenvalue weighted by Gasteiger charge is 2.32. The van der Waals surface area contributed by atoms with Gasteiger partial charge in [0.1, 0.15) is 5.54 Å². The monoisotopic (exact) mass is 263 g/mol. The number of rotatable bonds is 5. The van der Waals surface area contributed by atoms with E-state index < -0.39 is 11.5 Å². The fraction of sp³-hybridized carbons (Fsp3) is 0.467. The largest absolute Gasteiger partial charge is 0.480 e. The van der Waals surface area contributed by atoms with Crippen LogP contribution in [0.25, 0.3) is 0 Å². The van der Waals surface area contributed by atoms with Gasteiger partial charge in [-0.1, -0.05) is 32.9 Å². The Morgan fingerprint density at radius 1 is 1.26 bits per heavy atom. The molecule has 104 valence electrons. The minimum absolute atomic E-state index is 0.331. The Labute approximate surface area is 113 Å². The van der Waals surface area contributed by atoms with Crippen LogP contribution in [-0.2, 0) is 4.79 Å². The minimum atomic E-state index is -1.23. The van der Waals surface area contributed by atoms with Gasteiger partial charge in [0.05, 0.1) is 0 Å². The number of nitrogens with one attached hydrogen (secondary N) is 1. The highest BCUT2D eigenvalue weighted by atomic mass is 16.4. The van der Waals surface area contributed by atoms with Crippen molar-refractivity contribution in [3.63, 3.8) is 0 Å². The SMILES string of the molecule is CCC(C)(NC(=O)c1ccc(C(C)C)cc1)C(=O)O. The van der Waals surface area contributed by atoms with Crippen LogP contribution in [0.2, 0.25) is 0 Å². The molecular weight excluding hydrogens is 242 g/mol. The fourth-order valence-corrected chi connectivity index (χ4v) is 1.64. The van der Waals surface area contributed by atoms with Crippen molar-refractivity contribution in [2.75, 3.05) is 0 Å². The lowest BCUT2D eigenvalue weighted by molar-refractivity contribution is -0.143. The van der Waals surface area contributed by atoms with E-state index in [1.54, 1.807) is 19.1 Å². The van der Waals surface area contributed by atoms with Crippen LogP contribution in [0.3, 0.4) is 0 Å². The topological polar surface area (TPSA) is 66.4 Å². The molecule has 0 radical (unpaired) electrons. The zero-order valence-electron chi connectivity index (χ0n) is 11.9. The molecule has 19 heavy (non-hydrogen) atoms. The number of carbonyl (C=O) groups is 2. The average molecular weight is 263 g/mol. The second-order valence-corrected chi connectivity index (χ2v) is 5.22. The molecule has 0 saturated heterocycles. The van der Waals surface area contributed by atoms with Gasteiger partial charge in [-0.2, -0.15) is 0 Å². The average Bonchev–Trinajstić information content (AvgIpc) is 2.38. The Morgan fingerprint density at radius 2 is 1.79 bits per heavy atom. The molecule has 1 aromatic rings. The first-order valence-electron chi connectivity index (χ1n) is 6.46. The number of hydrogen-bond acceptors (Lipinski definition) is 2. The molecule has 1 aromatic carbocycles. The van der Waals surface area contributed by atoms with E-state index in [2.05, 4.69) is 19.2 Å². The predicted molar refractivity (Wildman–Crippen MR) is 74.3 cm³/mol. The second-order valence-electron chi connectivity index (χ2n) is 5.22. The van der Waals surface area contributed by atoms with Crippen LogP contribution in [0.5, 0.6) is 0 Å². The molecule has 0 aliphatic rings. The van der Waals surface area contributed by atoms with Gasteiger partial charge in [-0.25, -0.2) is 4.79 Å². The van der Waals surface area contributed by atoms with Gasteiger partial charge in [0.25, 0.3) is 5.91 Å². The van der Waals surface area contributed by atoms with Gasteiger partial charge in [-0.15, -0.1) is 0 Å². The molecule has 0 bridgehead atoms. The van der Waals surface area contributed by atoms with Crippen molar-refractivity contribution in [3.05, 3.63) is 35.4 Å². The molecule has 0 spiro atoms. The van der Waals surface area contributed by atoms with Gasteiger partial charge in [0.15, 0.2) is 0 Å². The summed E-state index contributed by atoms with van der Waals surface area (Å²) < 4.78 is 0. The van der Waals surface area contributed by atoms with Crippen LogP contribution in [-0.4, -0.2) is 22.5 Å². The van der Waals surface area contributed by atoms with Gasteiger partial charge in [-0.05, 0) is 37.0 Å². The smallest absolute Gasteiger partial charge is 0.329 e. The van der Waals surface area contributed by atoms with Crippen LogP contribution >= 0.6 is 0 Å². The van der Waals surface area contributed by atoms with Crippen LogP contribution in [0, 0.1) is 0 Å². The number of amides is 1. The number of carbonyl (C=O) groups excluding carboxylic acids is 1. The third kappa shape index (κ3) is 3.56. The highest BCUT2D eigenvalue weighted by Crippen LogP contribution is 2.16. The summed E-state index contributed by atoms with van der Waals surface area (Å²) in [6, 6.07) is 7.23. The van der Waals surface area contributed by atoms with Crippen molar-refractivity contribution in [1.82, 2.24) is 5.32 Å². The molecule has 0 saturated carbocycles. The van der Waals surface area contributed by atoms with Gasteiger partial charge in [-0.3, -0.25) is 4.79 Å². The first-order chi connectivity index (χ1) is 8.80. The number of aliphatic carboxylic acids is 1. The standard InChI is InChI=1S/C15H21NO3/c1-5-15(4,14(18)19)16-13(17)12-8-6-11(7-9-12)10(2)3/h6-10H,5H2,1-4H3,(H,16,17)(H,18,19). The van der Waals surface area contributed by atoms with E-state index in [1.165, 1.54) is 6.92 Å². The maximum absolute atomic E-state index is 12.0. The first-order valence-corrected chi connectivity index (χ1v) is 6.46. The van der Waals surface area contributed by atoms with Crippen LogP contribution in [0.15, 0.2) is 24.3 Å². The maximum atomic E-state index is 12.0. The van der Waals surface area contributed by atoms with E-state index in [4.69, 9.17) is 5.11 Å². The summed E-state index contributed by atoms with van der Waals surface area (Å²) in [6.07, 6.45) is 0.331. The molecule has 1 unspecified atom stereocenters. The molecule has 1 atom stereocenters. The molecular formula is C15H21NO3. The number of hydrogen-bond donors (Lipinski definition) is 2. The molecule has 0 aliphatic carbocycles. The van der Waals surface area contributed by atoms with Crippen LogP contribution < -0.4 is 5.32 Å². The van der Waals surface area contributed by atoms with E-state index in [1.807, 2.05) is 12.1 Å². The summed E-state index contributed by atoms with van der Waals surface area (Å²) in [4.78, 5) is 23.2. The lowest BCUT2D eigenvalue weighted by atomic mass is 9.97. The quantitative estimate of drug-likeness (QED) is 0.858. The predicted octanol–water partition coefficient (Wildman–Crippen LogP) is 2.79.